The highest BCUT2D eigenvalue weighted by Crippen LogP contribution is 2.25. The van der Waals surface area contributed by atoms with Gasteiger partial charge in [-0.05, 0) is 70.5 Å². The Morgan fingerprint density at radius 3 is 2.60 bits per heavy atom. The molecule has 0 spiro atoms. The highest BCUT2D eigenvalue weighted by atomic mass is 16.3. The molecule has 2 saturated heterocycles. The number of nitrogens with zero attached hydrogens (tertiary/aromatic N) is 5. The lowest BCUT2D eigenvalue weighted by atomic mass is 9.97. The molecular formula is C24H37N5O. The van der Waals surface area contributed by atoms with Crippen LogP contribution in [0.25, 0.3) is 5.82 Å². The van der Waals surface area contributed by atoms with E-state index in [1.165, 1.54) is 31.6 Å². The van der Waals surface area contributed by atoms with Gasteiger partial charge in [0.15, 0.2) is 0 Å². The number of rotatable bonds is 7. The third-order valence-electron chi connectivity index (χ3n) is 6.89. The predicted octanol–water partition coefficient (Wildman–Crippen LogP) is 2.61. The second kappa shape index (κ2) is 10.1. The van der Waals surface area contributed by atoms with Gasteiger partial charge in [-0.25, -0.2) is 4.98 Å². The maximum absolute atomic E-state index is 9.72. The average Bonchev–Trinajstić information content (AvgIpc) is 3.23. The van der Waals surface area contributed by atoms with Gasteiger partial charge in [0.05, 0.1) is 0 Å². The fraction of sp³-hybridized carbons (Fsp3) is 0.625. The van der Waals surface area contributed by atoms with Crippen LogP contribution in [-0.2, 0) is 6.54 Å². The molecule has 2 aliphatic rings. The minimum absolute atomic E-state index is 0.268. The minimum Gasteiger partial charge on any atom is -0.396 e. The van der Waals surface area contributed by atoms with E-state index in [2.05, 4.69) is 62.5 Å². The maximum atomic E-state index is 9.72. The second-order valence-electron chi connectivity index (χ2n) is 9.06. The number of aliphatic hydroxyl groups is 1. The van der Waals surface area contributed by atoms with Crippen LogP contribution >= 0.6 is 0 Å². The van der Waals surface area contributed by atoms with Crippen LogP contribution in [0.5, 0.6) is 0 Å². The van der Waals surface area contributed by atoms with Gasteiger partial charge >= 0.3 is 0 Å². The average molecular weight is 412 g/mol. The summed E-state index contributed by atoms with van der Waals surface area (Å²) in [7, 11) is 0. The summed E-state index contributed by atoms with van der Waals surface area (Å²) in [5.74, 6) is 0.972. The second-order valence-corrected chi connectivity index (χ2v) is 9.06. The first-order valence-electron chi connectivity index (χ1n) is 11.6. The molecule has 0 bridgehead atoms. The first-order valence-corrected chi connectivity index (χ1v) is 11.6. The molecular weight excluding hydrogens is 374 g/mol. The van der Waals surface area contributed by atoms with E-state index in [4.69, 9.17) is 0 Å². The lowest BCUT2D eigenvalue weighted by Gasteiger charge is -2.48. The molecule has 2 aromatic rings. The van der Waals surface area contributed by atoms with Crippen molar-refractivity contribution in [2.75, 3.05) is 39.3 Å². The lowest BCUT2D eigenvalue weighted by molar-refractivity contribution is -0.000454. The first-order chi connectivity index (χ1) is 14.7. The summed E-state index contributed by atoms with van der Waals surface area (Å²) < 4.78 is 2.19. The number of piperazine rings is 1. The summed E-state index contributed by atoms with van der Waals surface area (Å²) >= 11 is 0. The van der Waals surface area contributed by atoms with E-state index in [9.17, 15) is 5.11 Å². The Hall–Kier alpha value is -1.73. The van der Waals surface area contributed by atoms with Crippen LogP contribution in [0.3, 0.4) is 0 Å². The Bertz CT molecular complexity index is 769. The van der Waals surface area contributed by atoms with Crippen molar-refractivity contribution in [3.8, 4) is 5.82 Å². The Morgan fingerprint density at radius 2 is 1.90 bits per heavy atom. The molecule has 0 saturated carbocycles. The van der Waals surface area contributed by atoms with Crippen molar-refractivity contribution >= 4 is 0 Å². The molecule has 1 N–H and O–H groups in total. The quantitative estimate of drug-likeness (QED) is 0.759. The third kappa shape index (κ3) is 4.94. The van der Waals surface area contributed by atoms with E-state index in [1.54, 1.807) is 0 Å². The number of hydrogen-bond donors (Lipinski definition) is 1. The molecule has 2 aromatic heterocycles. The van der Waals surface area contributed by atoms with Gasteiger partial charge in [0.1, 0.15) is 5.82 Å². The number of likely N-dealkylation sites (tertiary alicyclic amines) is 1. The zero-order valence-electron chi connectivity index (χ0n) is 18.5. The molecule has 0 radical (unpaired) electrons. The predicted molar refractivity (Wildman–Crippen MR) is 121 cm³/mol. The lowest BCUT2D eigenvalue weighted by Crippen LogP contribution is -2.58. The number of piperidine rings is 1. The summed E-state index contributed by atoms with van der Waals surface area (Å²) in [6.45, 7) is 11.4. The van der Waals surface area contributed by atoms with Crippen molar-refractivity contribution in [2.24, 2.45) is 0 Å². The molecule has 0 aliphatic carbocycles. The van der Waals surface area contributed by atoms with Gasteiger partial charge in [-0.2, -0.15) is 0 Å². The van der Waals surface area contributed by atoms with Crippen LogP contribution < -0.4 is 0 Å². The zero-order chi connectivity index (χ0) is 20.9. The Labute approximate surface area is 181 Å². The summed E-state index contributed by atoms with van der Waals surface area (Å²) in [6, 6.07) is 12.1. The molecule has 30 heavy (non-hydrogen) atoms. The van der Waals surface area contributed by atoms with Gasteiger partial charge in [0.25, 0.3) is 0 Å². The molecule has 4 heterocycles. The summed E-state index contributed by atoms with van der Waals surface area (Å²) in [5, 5.41) is 9.72. The van der Waals surface area contributed by atoms with Crippen LogP contribution in [0.4, 0.5) is 0 Å². The van der Waals surface area contributed by atoms with Crippen molar-refractivity contribution in [1.29, 1.82) is 0 Å². The van der Waals surface area contributed by atoms with Crippen molar-refractivity contribution in [3.63, 3.8) is 0 Å². The molecule has 6 heteroatoms. The highest BCUT2D eigenvalue weighted by Gasteiger charge is 2.34. The van der Waals surface area contributed by atoms with E-state index in [0.29, 0.717) is 18.1 Å². The molecule has 0 aromatic carbocycles. The number of hydrogen-bond acceptors (Lipinski definition) is 5. The van der Waals surface area contributed by atoms with Crippen molar-refractivity contribution in [1.82, 2.24) is 24.3 Å². The molecule has 0 amide bonds. The van der Waals surface area contributed by atoms with Crippen LogP contribution in [0.1, 0.15) is 38.8 Å². The van der Waals surface area contributed by atoms with Crippen molar-refractivity contribution in [2.45, 2.75) is 57.8 Å². The zero-order valence-corrected chi connectivity index (χ0v) is 18.5. The smallest absolute Gasteiger partial charge is 0.136 e. The largest absolute Gasteiger partial charge is 0.396 e. The normalized spacial score (nSPS) is 22.7. The summed E-state index contributed by atoms with van der Waals surface area (Å²) in [5.41, 5.74) is 1.27. The van der Waals surface area contributed by atoms with Gasteiger partial charge in [0, 0.05) is 69.0 Å². The molecule has 1 atom stereocenters. The van der Waals surface area contributed by atoms with Crippen LogP contribution in [0.15, 0.2) is 42.7 Å². The number of pyridine rings is 1. The van der Waals surface area contributed by atoms with E-state index in [-0.39, 0.29) is 6.61 Å². The van der Waals surface area contributed by atoms with Gasteiger partial charge in [-0.15, -0.1) is 0 Å². The van der Waals surface area contributed by atoms with E-state index >= 15 is 0 Å². The molecule has 4 rings (SSSR count). The van der Waals surface area contributed by atoms with Crippen molar-refractivity contribution < 1.29 is 5.11 Å². The molecule has 2 aliphatic heterocycles. The van der Waals surface area contributed by atoms with Crippen LogP contribution in [-0.4, -0.2) is 86.8 Å². The molecule has 0 unspecified atom stereocenters. The fourth-order valence-electron chi connectivity index (χ4n) is 5.19. The number of aliphatic hydroxyl groups excluding tert-OH is 1. The minimum atomic E-state index is 0.268. The molecule has 2 fully saturated rings. The first kappa shape index (κ1) is 21.5. The van der Waals surface area contributed by atoms with E-state index in [1.807, 2.05) is 18.3 Å². The third-order valence-corrected chi connectivity index (χ3v) is 6.89. The van der Waals surface area contributed by atoms with Crippen LogP contribution in [0, 0.1) is 0 Å². The van der Waals surface area contributed by atoms with E-state index in [0.717, 1.165) is 38.4 Å². The van der Waals surface area contributed by atoms with E-state index < -0.39 is 0 Å². The van der Waals surface area contributed by atoms with Gasteiger partial charge < -0.3 is 14.6 Å². The van der Waals surface area contributed by atoms with Gasteiger partial charge in [0.2, 0.25) is 0 Å². The Kier molecular flexibility index (Phi) is 7.20. The summed E-state index contributed by atoms with van der Waals surface area (Å²) in [6.07, 6.45) is 7.31. The topological polar surface area (TPSA) is 47.8 Å². The van der Waals surface area contributed by atoms with Crippen molar-refractivity contribution in [3.05, 3.63) is 48.4 Å². The fourth-order valence-corrected chi connectivity index (χ4v) is 5.19. The SMILES string of the molecule is CC(C)N1CCC(N2CCN(Cc3cccn3-c3ccccn3)C[C@@H]2CCO)CC1. The van der Waals surface area contributed by atoms with Gasteiger partial charge in [-0.3, -0.25) is 9.80 Å². The summed E-state index contributed by atoms with van der Waals surface area (Å²) in [4.78, 5) is 12.4. The Balaban J connectivity index is 1.39. The van der Waals surface area contributed by atoms with Gasteiger partial charge in [-0.1, -0.05) is 6.07 Å². The monoisotopic (exact) mass is 411 g/mol. The standard InChI is InChI=1S/C24H37N5O/c1-20(2)27-13-8-21(9-14-27)28-16-15-26(19-23(28)10-17-30)18-22-6-5-12-29(22)24-7-3-4-11-25-24/h3-7,11-12,20-21,23,30H,8-10,13-19H2,1-2H3/t23-/m0/s1. The molecule has 164 valence electrons. The highest BCUT2D eigenvalue weighted by molar-refractivity contribution is 5.27. The number of aromatic nitrogens is 2. The molecule has 6 nitrogen and oxygen atoms in total. The maximum Gasteiger partial charge on any atom is 0.136 e. The Morgan fingerprint density at radius 1 is 1.07 bits per heavy atom. The van der Waals surface area contributed by atoms with Crippen LogP contribution in [0.2, 0.25) is 0 Å².